The molecule has 3 aromatic rings. The lowest BCUT2D eigenvalue weighted by molar-refractivity contribution is 0.102. The zero-order chi connectivity index (χ0) is 16.4. The van der Waals surface area contributed by atoms with E-state index in [1.807, 2.05) is 0 Å². The van der Waals surface area contributed by atoms with Gasteiger partial charge in [-0.2, -0.15) is 0 Å². The number of anilines is 1. The molecule has 116 valence electrons. The number of halogens is 1. The van der Waals surface area contributed by atoms with Crippen LogP contribution in [0.25, 0.3) is 10.6 Å². The minimum absolute atomic E-state index is 0.0913. The molecule has 0 unspecified atom stereocenters. The Morgan fingerprint density at radius 2 is 2.00 bits per heavy atom. The minimum atomic E-state index is -0.401. The van der Waals surface area contributed by atoms with Crippen LogP contribution < -0.4 is 5.32 Å². The summed E-state index contributed by atoms with van der Waals surface area (Å²) in [6.45, 7) is 1.72. The monoisotopic (exact) mass is 329 g/mol. The van der Waals surface area contributed by atoms with E-state index in [2.05, 4.69) is 15.3 Å². The number of pyridine rings is 1. The van der Waals surface area contributed by atoms with Crippen LogP contribution in [0.4, 0.5) is 10.2 Å². The van der Waals surface area contributed by atoms with Gasteiger partial charge in [-0.3, -0.25) is 4.79 Å². The van der Waals surface area contributed by atoms with Crippen molar-refractivity contribution in [2.24, 2.45) is 0 Å². The van der Waals surface area contributed by atoms with Crippen LogP contribution in [0.15, 0.2) is 42.6 Å². The molecule has 0 atom stereocenters. The Morgan fingerprint density at radius 1 is 1.26 bits per heavy atom. The third-order valence-electron chi connectivity index (χ3n) is 3.11. The number of rotatable bonds is 3. The predicted molar refractivity (Wildman–Crippen MR) is 86.1 cm³/mol. The van der Waals surface area contributed by atoms with Crippen molar-refractivity contribution in [2.75, 3.05) is 5.32 Å². The van der Waals surface area contributed by atoms with Crippen LogP contribution in [0.5, 0.6) is 5.75 Å². The van der Waals surface area contributed by atoms with Gasteiger partial charge in [0.15, 0.2) is 11.6 Å². The van der Waals surface area contributed by atoms with Gasteiger partial charge >= 0.3 is 0 Å². The molecule has 23 heavy (non-hydrogen) atoms. The number of hydrogen-bond acceptors (Lipinski definition) is 5. The lowest BCUT2D eigenvalue weighted by Crippen LogP contribution is -2.12. The van der Waals surface area contributed by atoms with Crippen LogP contribution in [0, 0.1) is 12.7 Å². The Morgan fingerprint density at radius 3 is 2.70 bits per heavy atom. The largest absolute Gasteiger partial charge is 0.504 e. The van der Waals surface area contributed by atoms with Crippen LogP contribution in [0.1, 0.15) is 15.4 Å². The zero-order valence-electron chi connectivity index (χ0n) is 12.1. The molecule has 0 aliphatic heterocycles. The number of thiazole rings is 1. The summed E-state index contributed by atoms with van der Waals surface area (Å²) < 4.78 is 13.0. The van der Waals surface area contributed by atoms with E-state index in [4.69, 9.17) is 0 Å². The average Bonchev–Trinajstić information content (AvgIpc) is 2.92. The molecule has 1 aromatic carbocycles. The summed E-state index contributed by atoms with van der Waals surface area (Å²) in [5.74, 6) is -0.747. The van der Waals surface area contributed by atoms with E-state index < -0.39 is 5.91 Å². The molecule has 0 saturated carbocycles. The lowest BCUT2D eigenvalue weighted by Gasteiger charge is -2.04. The van der Waals surface area contributed by atoms with Crippen molar-refractivity contribution in [2.45, 2.75) is 6.92 Å². The molecule has 0 aliphatic carbocycles. The molecule has 0 spiro atoms. The number of aryl methyl sites for hydroxylation is 1. The van der Waals surface area contributed by atoms with Gasteiger partial charge in [0.25, 0.3) is 5.91 Å². The number of aromatic hydroxyl groups is 1. The zero-order valence-corrected chi connectivity index (χ0v) is 12.9. The molecule has 5 nitrogen and oxygen atoms in total. The summed E-state index contributed by atoms with van der Waals surface area (Å²) in [6, 6.07) is 8.91. The van der Waals surface area contributed by atoms with E-state index in [0.29, 0.717) is 15.6 Å². The van der Waals surface area contributed by atoms with Gasteiger partial charge < -0.3 is 10.4 Å². The first-order valence-electron chi connectivity index (χ1n) is 6.73. The Balaban J connectivity index is 1.87. The van der Waals surface area contributed by atoms with E-state index in [1.165, 1.54) is 35.7 Å². The smallest absolute Gasteiger partial charge is 0.268 e. The fourth-order valence-corrected chi connectivity index (χ4v) is 2.95. The van der Waals surface area contributed by atoms with Crippen molar-refractivity contribution in [1.82, 2.24) is 9.97 Å². The summed E-state index contributed by atoms with van der Waals surface area (Å²) in [4.78, 5) is 21.0. The van der Waals surface area contributed by atoms with Gasteiger partial charge in [-0.1, -0.05) is 0 Å². The van der Waals surface area contributed by atoms with Crippen LogP contribution in [-0.4, -0.2) is 21.0 Å². The van der Waals surface area contributed by atoms with E-state index in [-0.39, 0.29) is 17.4 Å². The summed E-state index contributed by atoms with van der Waals surface area (Å²) >= 11 is 1.20. The summed E-state index contributed by atoms with van der Waals surface area (Å²) in [5.41, 5.74) is 1.29. The highest BCUT2D eigenvalue weighted by molar-refractivity contribution is 7.17. The van der Waals surface area contributed by atoms with Crippen LogP contribution in [0.2, 0.25) is 0 Å². The SMILES string of the molecule is Cc1nc(-c2ccc(F)cc2)sc1C(=O)Nc1ncccc1O. The Labute approximate surface area is 135 Å². The number of carbonyl (C=O) groups is 1. The number of hydrogen-bond donors (Lipinski definition) is 2. The topological polar surface area (TPSA) is 75.1 Å². The van der Waals surface area contributed by atoms with E-state index in [0.717, 1.165) is 5.56 Å². The molecular weight excluding hydrogens is 317 g/mol. The predicted octanol–water partition coefficient (Wildman–Crippen LogP) is 3.61. The third kappa shape index (κ3) is 3.19. The van der Waals surface area contributed by atoms with Gasteiger partial charge in [0.1, 0.15) is 15.7 Å². The maximum Gasteiger partial charge on any atom is 0.268 e. The molecule has 1 amide bonds. The molecule has 0 fully saturated rings. The number of aromatic nitrogens is 2. The molecule has 0 aliphatic rings. The Hall–Kier alpha value is -2.80. The van der Waals surface area contributed by atoms with Crippen molar-refractivity contribution in [3.8, 4) is 16.3 Å². The standard InChI is InChI=1S/C16H12FN3O2S/c1-9-13(15(22)20-14-12(21)3-2-8-18-14)23-16(19-9)10-4-6-11(17)7-5-10/h2-8,21H,1H3,(H,18,20,22). The molecule has 2 heterocycles. The summed E-state index contributed by atoms with van der Waals surface area (Å²) in [7, 11) is 0. The molecule has 0 bridgehead atoms. The Kier molecular flexibility index (Phi) is 4.03. The van der Waals surface area contributed by atoms with E-state index >= 15 is 0 Å². The quantitative estimate of drug-likeness (QED) is 0.770. The number of nitrogens with one attached hydrogen (secondary N) is 1. The first kappa shape index (κ1) is 15.1. The average molecular weight is 329 g/mol. The van der Waals surface area contributed by atoms with Gasteiger partial charge in [0.2, 0.25) is 0 Å². The second-order valence-corrected chi connectivity index (χ2v) is 5.76. The van der Waals surface area contributed by atoms with Crippen molar-refractivity contribution >= 4 is 23.1 Å². The number of carbonyl (C=O) groups excluding carboxylic acids is 1. The van der Waals surface area contributed by atoms with Crippen molar-refractivity contribution in [1.29, 1.82) is 0 Å². The van der Waals surface area contributed by atoms with Gasteiger partial charge in [-0.25, -0.2) is 14.4 Å². The first-order valence-corrected chi connectivity index (χ1v) is 7.55. The molecule has 0 saturated heterocycles. The molecule has 7 heteroatoms. The fraction of sp³-hybridized carbons (Fsp3) is 0.0625. The molecule has 2 N–H and O–H groups in total. The minimum Gasteiger partial charge on any atom is -0.504 e. The van der Waals surface area contributed by atoms with E-state index in [9.17, 15) is 14.3 Å². The van der Waals surface area contributed by atoms with Crippen molar-refractivity contribution in [3.05, 3.63) is 59.0 Å². The Bertz CT molecular complexity index is 862. The van der Waals surface area contributed by atoms with Gasteiger partial charge in [0, 0.05) is 11.8 Å². The molecule has 0 radical (unpaired) electrons. The van der Waals surface area contributed by atoms with Gasteiger partial charge in [-0.05, 0) is 43.3 Å². The maximum absolute atomic E-state index is 13.0. The lowest BCUT2D eigenvalue weighted by atomic mass is 10.2. The molecule has 2 aromatic heterocycles. The van der Waals surface area contributed by atoms with Crippen LogP contribution in [-0.2, 0) is 0 Å². The molecular formula is C16H12FN3O2S. The van der Waals surface area contributed by atoms with Crippen molar-refractivity contribution in [3.63, 3.8) is 0 Å². The van der Waals surface area contributed by atoms with Gasteiger partial charge in [-0.15, -0.1) is 11.3 Å². The summed E-state index contributed by atoms with van der Waals surface area (Å²) in [5, 5.41) is 12.8. The van der Waals surface area contributed by atoms with Crippen LogP contribution in [0.3, 0.4) is 0 Å². The highest BCUT2D eigenvalue weighted by Crippen LogP contribution is 2.29. The second kappa shape index (κ2) is 6.13. The fourth-order valence-electron chi connectivity index (χ4n) is 1.98. The third-order valence-corrected chi connectivity index (χ3v) is 4.32. The molecule has 3 rings (SSSR count). The number of benzene rings is 1. The van der Waals surface area contributed by atoms with Crippen molar-refractivity contribution < 1.29 is 14.3 Å². The normalized spacial score (nSPS) is 10.5. The number of nitrogens with zero attached hydrogens (tertiary/aromatic N) is 2. The highest BCUT2D eigenvalue weighted by atomic mass is 32.1. The van der Waals surface area contributed by atoms with Crippen LogP contribution >= 0.6 is 11.3 Å². The number of amides is 1. The summed E-state index contributed by atoms with van der Waals surface area (Å²) in [6.07, 6.45) is 1.47. The maximum atomic E-state index is 13.0. The highest BCUT2D eigenvalue weighted by Gasteiger charge is 2.17. The second-order valence-electron chi connectivity index (χ2n) is 4.77. The van der Waals surface area contributed by atoms with E-state index in [1.54, 1.807) is 25.1 Å². The first-order chi connectivity index (χ1) is 11.0. The van der Waals surface area contributed by atoms with Gasteiger partial charge in [0.05, 0.1) is 5.69 Å².